The van der Waals surface area contributed by atoms with E-state index in [0.717, 1.165) is 17.5 Å². The minimum absolute atomic E-state index is 0.151. The molecule has 1 aliphatic rings. The number of carbonyl (C=O) groups is 1. The molecule has 10 heteroatoms. The molecule has 0 radical (unpaired) electrons. The second-order valence-electron chi connectivity index (χ2n) is 6.15. The van der Waals surface area contributed by atoms with Gasteiger partial charge < -0.3 is 5.32 Å². The summed E-state index contributed by atoms with van der Waals surface area (Å²) in [4.78, 5) is 20.0. The van der Waals surface area contributed by atoms with Crippen molar-refractivity contribution < 1.29 is 22.2 Å². The molecule has 0 aliphatic carbocycles. The summed E-state index contributed by atoms with van der Waals surface area (Å²) in [7, 11) is -1.44. The molecule has 1 atom stereocenters. The maximum absolute atomic E-state index is 13.2. The molecule has 28 heavy (non-hydrogen) atoms. The lowest BCUT2D eigenvalue weighted by Crippen LogP contribution is -2.23. The molecule has 5 nitrogen and oxygen atoms in total. The molecular weight excluding hydrogens is 411 g/mol. The second-order valence-corrected chi connectivity index (χ2v) is 8.74. The third-order valence-corrected chi connectivity index (χ3v) is 6.41. The van der Waals surface area contributed by atoms with Gasteiger partial charge in [0.15, 0.2) is 0 Å². The van der Waals surface area contributed by atoms with Crippen molar-refractivity contribution in [2.24, 2.45) is 0 Å². The summed E-state index contributed by atoms with van der Waals surface area (Å²) in [5, 5.41) is 2.58. The van der Waals surface area contributed by atoms with E-state index >= 15 is 0 Å². The highest BCUT2D eigenvalue weighted by atomic mass is 32.2. The van der Waals surface area contributed by atoms with Gasteiger partial charge in [0.2, 0.25) is 0 Å². The zero-order valence-electron chi connectivity index (χ0n) is 15.8. The Kier molecular flexibility index (Phi) is 7.11. The molecule has 0 saturated carbocycles. The number of rotatable bonds is 1. The summed E-state index contributed by atoms with van der Waals surface area (Å²) in [6, 6.07) is 1.36. The molecule has 152 valence electrons. The van der Waals surface area contributed by atoms with Gasteiger partial charge in [0.1, 0.15) is 16.3 Å². The van der Waals surface area contributed by atoms with E-state index in [9.17, 15) is 22.2 Å². The van der Waals surface area contributed by atoms with Crippen LogP contribution in [-0.4, -0.2) is 32.4 Å². The van der Waals surface area contributed by atoms with Crippen LogP contribution in [0, 0.1) is 6.92 Å². The quantitative estimate of drug-likeness (QED) is 0.681. The van der Waals surface area contributed by atoms with Crippen molar-refractivity contribution in [1.82, 2.24) is 15.3 Å². The molecule has 0 saturated heterocycles. The smallest absolute Gasteiger partial charge is 0.350 e. The van der Waals surface area contributed by atoms with E-state index in [0.29, 0.717) is 0 Å². The summed E-state index contributed by atoms with van der Waals surface area (Å²) < 4.78 is 51.6. The highest BCUT2D eigenvalue weighted by molar-refractivity contribution is 7.85. The van der Waals surface area contributed by atoms with Crippen molar-refractivity contribution in [2.75, 3.05) is 12.3 Å². The maximum atomic E-state index is 13.2. The Balaban J connectivity index is 0.000000500. The molecule has 2 aromatic rings. The number of hydrogen-bond acceptors (Lipinski definition) is 5. The topological polar surface area (TPSA) is 72.0 Å². The van der Waals surface area contributed by atoms with Crippen LogP contribution >= 0.6 is 11.3 Å². The minimum atomic E-state index is -4.62. The van der Waals surface area contributed by atoms with Crippen LogP contribution in [0.3, 0.4) is 0 Å². The molecule has 3 heterocycles. The second kappa shape index (κ2) is 8.95. The molecule has 1 N–H and O–H groups in total. The number of nitrogens with one attached hydrogen (secondary N) is 1. The average molecular weight is 432 g/mol. The molecule has 3 rings (SSSR count). The largest absolute Gasteiger partial charge is 0.420 e. The first-order chi connectivity index (χ1) is 13.0. The number of carbonyl (C=O) groups excluding carboxylic acids is 1. The Hall–Kier alpha value is -2.07. The Morgan fingerprint density at radius 1 is 1.36 bits per heavy atom. The molecule has 1 unspecified atom stereocenters. The fourth-order valence-corrected chi connectivity index (χ4v) is 4.64. The summed E-state index contributed by atoms with van der Waals surface area (Å²) in [5.41, 5.74) is 0.101. The van der Waals surface area contributed by atoms with Gasteiger partial charge >= 0.3 is 6.18 Å². The van der Waals surface area contributed by atoms with Crippen LogP contribution in [0.15, 0.2) is 28.8 Å². The minimum Gasteiger partial charge on any atom is -0.350 e. The van der Waals surface area contributed by atoms with E-state index in [4.69, 9.17) is 0 Å². The van der Waals surface area contributed by atoms with Crippen molar-refractivity contribution in [1.29, 1.82) is 0 Å². The number of hydrogen-bond donors (Lipinski definition) is 1. The summed E-state index contributed by atoms with van der Waals surface area (Å²) in [6.45, 7) is 7.95. The van der Waals surface area contributed by atoms with Crippen LogP contribution in [0.5, 0.6) is 0 Å². The van der Waals surface area contributed by atoms with E-state index < -0.39 is 28.4 Å². The number of nitrogens with zero attached hydrogens (tertiary/aromatic N) is 2. The fraction of sp³-hybridized carbons (Fsp3) is 0.389. The van der Waals surface area contributed by atoms with E-state index in [1.807, 2.05) is 6.92 Å². The van der Waals surface area contributed by atoms with Crippen LogP contribution in [-0.2, 0) is 17.0 Å². The number of alkyl halides is 3. The van der Waals surface area contributed by atoms with Gasteiger partial charge in [-0.1, -0.05) is 11.6 Å². The lowest BCUT2D eigenvalue weighted by atomic mass is 10.2. The SMILES string of the molecule is CC=C(C)C.Cc1ncc(C(F)(F)F)c(-c2cc3c(s2)C(=O)NCCS3=O)n1. The van der Waals surface area contributed by atoms with Crippen molar-refractivity contribution in [3.63, 3.8) is 0 Å². The summed E-state index contributed by atoms with van der Waals surface area (Å²) >= 11 is 0.857. The molecule has 1 aliphatic heterocycles. The number of fused-ring (bicyclic) bond motifs is 1. The molecule has 2 aromatic heterocycles. The first kappa shape index (κ1) is 22.2. The van der Waals surface area contributed by atoms with Gasteiger partial charge in [-0.25, -0.2) is 9.97 Å². The van der Waals surface area contributed by atoms with E-state index in [1.54, 1.807) is 0 Å². The van der Waals surface area contributed by atoms with Crippen molar-refractivity contribution >= 4 is 28.0 Å². The summed E-state index contributed by atoms with van der Waals surface area (Å²) in [6.07, 6.45) is -1.81. The van der Waals surface area contributed by atoms with E-state index in [1.165, 1.54) is 18.6 Å². The Morgan fingerprint density at radius 3 is 2.57 bits per heavy atom. The molecular formula is C18H20F3N3O2S2. The molecule has 0 spiro atoms. The lowest BCUT2D eigenvalue weighted by molar-refractivity contribution is -0.137. The van der Waals surface area contributed by atoms with Gasteiger partial charge in [-0.3, -0.25) is 9.00 Å². The normalized spacial score (nSPS) is 16.2. The first-order valence-corrected chi connectivity index (χ1v) is 10.5. The fourth-order valence-electron chi connectivity index (χ4n) is 2.13. The number of amides is 1. The number of thiophene rings is 1. The predicted octanol–water partition coefficient (Wildman–Crippen LogP) is 4.36. The molecule has 0 bridgehead atoms. The van der Waals surface area contributed by atoms with Crippen LogP contribution in [0.2, 0.25) is 0 Å². The Morgan fingerprint density at radius 2 is 2.00 bits per heavy atom. The van der Waals surface area contributed by atoms with Gasteiger partial charge in [-0.2, -0.15) is 13.2 Å². The molecule has 1 amide bonds. The number of halogens is 3. The van der Waals surface area contributed by atoms with Gasteiger partial charge in [0.05, 0.1) is 26.3 Å². The zero-order chi connectivity index (χ0) is 21.1. The number of aryl methyl sites for hydroxylation is 1. The molecule has 0 fully saturated rings. The van der Waals surface area contributed by atoms with Crippen LogP contribution in [0.1, 0.15) is 41.8 Å². The maximum Gasteiger partial charge on any atom is 0.420 e. The van der Waals surface area contributed by atoms with Gasteiger partial charge in [0.25, 0.3) is 5.91 Å². The number of allylic oxidation sites excluding steroid dienone is 2. The van der Waals surface area contributed by atoms with Gasteiger partial charge in [-0.05, 0) is 33.8 Å². The van der Waals surface area contributed by atoms with Crippen molar-refractivity contribution in [2.45, 2.75) is 38.8 Å². The summed E-state index contributed by atoms with van der Waals surface area (Å²) in [5.74, 6) is -0.0206. The first-order valence-electron chi connectivity index (χ1n) is 8.35. The van der Waals surface area contributed by atoms with Gasteiger partial charge in [-0.15, -0.1) is 11.3 Å². The average Bonchev–Trinajstić information content (AvgIpc) is 3.01. The van der Waals surface area contributed by atoms with Crippen molar-refractivity contribution in [3.05, 3.63) is 40.2 Å². The van der Waals surface area contributed by atoms with E-state index in [-0.39, 0.29) is 38.5 Å². The zero-order valence-corrected chi connectivity index (χ0v) is 17.4. The standard InChI is InChI=1S/C13H10F3N3O2S2.C5H10/c1-6-18-5-7(13(14,15)16)10(19-6)8-4-9-11(22-8)12(20)17-2-3-23(9)21;1-4-5(2)3/h4-5H,2-3H2,1H3,(H,17,20);4H,1-3H3. The van der Waals surface area contributed by atoms with Gasteiger partial charge in [0, 0.05) is 18.5 Å². The Labute approximate surface area is 167 Å². The number of aromatic nitrogens is 2. The third-order valence-electron chi connectivity index (χ3n) is 3.75. The highest BCUT2D eigenvalue weighted by Crippen LogP contribution is 2.40. The van der Waals surface area contributed by atoms with Crippen LogP contribution < -0.4 is 5.32 Å². The Bertz CT molecular complexity index is 899. The van der Waals surface area contributed by atoms with Crippen LogP contribution in [0.25, 0.3) is 10.6 Å². The third kappa shape index (κ3) is 5.26. The predicted molar refractivity (Wildman–Crippen MR) is 104 cm³/mol. The van der Waals surface area contributed by atoms with Crippen molar-refractivity contribution in [3.8, 4) is 10.6 Å². The molecule has 0 aromatic carbocycles. The lowest BCUT2D eigenvalue weighted by Gasteiger charge is -2.10. The van der Waals surface area contributed by atoms with Crippen LogP contribution in [0.4, 0.5) is 13.2 Å². The van der Waals surface area contributed by atoms with E-state index in [2.05, 4.69) is 35.2 Å². The highest BCUT2D eigenvalue weighted by Gasteiger charge is 2.36. The monoisotopic (exact) mass is 431 g/mol.